The molecule has 1 aliphatic rings. The molecule has 1 unspecified atom stereocenters. The third kappa shape index (κ3) is 4.45. The van der Waals surface area contributed by atoms with Crippen molar-refractivity contribution in [3.05, 3.63) is 52.0 Å². The molecule has 1 aromatic heterocycles. The maximum absolute atomic E-state index is 13.2. The van der Waals surface area contributed by atoms with Crippen molar-refractivity contribution >= 4 is 21.4 Å². The number of ether oxygens (including phenoxy) is 1. The van der Waals surface area contributed by atoms with Crippen molar-refractivity contribution in [3.8, 4) is 0 Å². The van der Waals surface area contributed by atoms with Crippen molar-refractivity contribution in [3.63, 3.8) is 0 Å². The van der Waals surface area contributed by atoms with Gasteiger partial charge >= 0.3 is 0 Å². The van der Waals surface area contributed by atoms with Gasteiger partial charge in [0.15, 0.2) is 0 Å². The van der Waals surface area contributed by atoms with Crippen molar-refractivity contribution in [2.75, 3.05) is 32.8 Å². The topological polar surface area (TPSA) is 58.6 Å². The molecule has 0 radical (unpaired) electrons. The Morgan fingerprint density at radius 2 is 2.08 bits per heavy atom. The fourth-order valence-electron chi connectivity index (χ4n) is 2.99. The maximum Gasteiger partial charge on any atom is 0.240 e. The SMILES string of the molecule is Cc1cc(F)ccc1S(=O)(=O)NCC(c1ccsc1)N1CCOCC1. The number of rotatable bonds is 6. The summed E-state index contributed by atoms with van der Waals surface area (Å²) in [6.45, 7) is 4.66. The highest BCUT2D eigenvalue weighted by Crippen LogP contribution is 2.24. The molecule has 5 nitrogen and oxygen atoms in total. The Morgan fingerprint density at radius 1 is 1.32 bits per heavy atom. The van der Waals surface area contributed by atoms with Crippen molar-refractivity contribution in [1.29, 1.82) is 0 Å². The number of sulfonamides is 1. The van der Waals surface area contributed by atoms with Gasteiger partial charge in [0.25, 0.3) is 0 Å². The average Bonchev–Trinajstić information content (AvgIpc) is 3.10. The Kier molecular flexibility index (Phi) is 5.85. The van der Waals surface area contributed by atoms with Crippen molar-refractivity contribution in [1.82, 2.24) is 9.62 Å². The van der Waals surface area contributed by atoms with Gasteiger partial charge in [-0.05, 0) is 53.1 Å². The smallest absolute Gasteiger partial charge is 0.240 e. The zero-order valence-electron chi connectivity index (χ0n) is 13.9. The second kappa shape index (κ2) is 7.92. The number of morpholine rings is 1. The quantitative estimate of drug-likeness (QED) is 0.832. The molecule has 1 fully saturated rings. The normalized spacial score (nSPS) is 17.5. The van der Waals surface area contributed by atoms with Gasteiger partial charge in [-0.3, -0.25) is 4.90 Å². The fourth-order valence-corrected chi connectivity index (χ4v) is 4.96. The number of nitrogens with one attached hydrogen (secondary N) is 1. The van der Waals surface area contributed by atoms with Gasteiger partial charge in [-0.1, -0.05) is 0 Å². The van der Waals surface area contributed by atoms with Crippen LogP contribution in [0.15, 0.2) is 39.9 Å². The van der Waals surface area contributed by atoms with E-state index in [-0.39, 0.29) is 17.5 Å². The summed E-state index contributed by atoms with van der Waals surface area (Å²) in [6, 6.07) is 5.67. The zero-order chi connectivity index (χ0) is 17.9. The monoisotopic (exact) mass is 384 g/mol. The van der Waals surface area contributed by atoms with Gasteiger partial charge in [0.2, 0.25) is 10.0 Å². The molecule has 2 heterocycles. The molecule has 1 aliphatic heterocycles. The first-order valence-electron chi connectivity index (χ1n) is 8.07. The zero-order valence-corrected chi connectivity index (χ0v) is 15.6. The Balaban J connectivity index is 1.78. The summed E-state index contributed by atoms with van der Waals surface area (Å²) in [6.07, 6.45) is 0. The molecular weight excluding hydrogens is 363 g/mol. The molecule has 0 saturated carbocycles. The van der Waals surface area contributed by atoms with E-state index in [0.717, 1.165) is 18.7 Å². The molecule has 1 N–H and O–H groups in total. The first-order valence-corrected chi connectivity index (χ1v) is 10.5. The number of hydrogen-bond donors (Lipinski definition) is 1. The van der Waals surface area contributed by atoms with Crippen LogP contribution in [0, 0.1) is 12.7 Å². The molecule has 2 aromatic rings. The number of halogens is 1. The van der Waals surface area contributed by atoms with Gasteiger partial charge in [0.05, 0.1) is 18.1 Å². The number of aryl methyl sites for hydroxylation is 1. The van der Waals surface area contributed by atoms with E-state index in [9.17, 15) is 12.8 Å². The number of hydrogen-bond acceptors (Lipinski definition) is 5. The molecule has 0 bridgehead atoms. The van der Waals surface area contributed by atoms with Gasteiger partial charge in [0.1, 0.15) is 5.82 Å². The molecular formula is C17H21FN2O3S2. The lowest BCUT2D eigenvalue weighted by molar-refractivity contribution is 0.0173. The summed E-state index contributed by atoms with van der Waals surface area (Å²) in [5.41, 5.74) is 1.48. The summed E-state index contributed by atoms with van der Waals surface area (Å²) in [5.74, 6) is -0.444. The number of thiophene rings is 1. The summed E-state index contributed by atoms with van der Waals surface area (Å²) in [4.78, 5) is 2.34. The van der Waals surface area contributed by atoms with Crippen LogP contribution in [-0.4, -0.2) is 46.2 Å². The minimum atomic E-state index is -3.70. The Labute approximate surface area is 151 Å². The molecule has 25 heavy (non-hydrogen) atoms. The molecule has 8 heteroatoms. The Hall–Kier alpha value is -1.32. The maximum atomic E-state index is 13.2. The summed E-state index contributed by atoms with van der Waals surface area (Å²) >= 11 is 1.59. The second-order valence-electron chi connectivity index (χ2n) is 5.98. The highest BCUT2D eigenvalue weighted by Gasteiger charge is 2.26. The van der Waals surface area contributed by atoms with Crippen LogP contribution in [0.5, 0.6) is 0 Å². The molecule has 136 valence electrons. The third-order valence-corrected chi connectivity index (χ3v) is 6.59. The van der Waals surface area contributed by atoms with E-state index in [0.29, 0.717) is 18.8 Å². The molecule has 0 amide bonds. The Bertz CT molecular complexity index is 803. The lowest BCUT2D eigenvalue weighted by Gasteiger charge is -2.34. The van der Waals surface area contributed by atoms with Gasteiger partial charge in [0, 0.05) is 25.7 Å². The molecule has 1 saturated heterocycles. The van der Waals surface area contributed by atoms with Crippen LogP contribution < -0.4 is 4.72 Å². The molecule has 0 aliphatic carbocycles. The van der Waals surface area contributed by atoms with Gasteiger partial charge < -0.3 is 4.74 Å². The molecule has 3 rings (SSSR count). The predicted octanol–water partition coefficient (Wildman–Crippen LogP) is 2.55. The second-order valence-corrected chi connectivity index (χ2v) is 8.50. The first-order chi connectivity index (χ1) is 12.0. The third-order valence-electron chi connectivity index (χ3n) is 4.31. The van der Waals surface area contributed by atoms with E-state index >= 15 is 0 Å². The highest BCUT2D eigenvalue weighted by atomic mass is 32.2. The van der Waals surface area contributed by atoms with E-state index in [1.165, 1.54) is 18.2 Å². The van der Waals surface area contributed by atoms with Crippen LogP contribution >= 0.6 is 11.3 Å². The lowest BCUT2D eigenvalue weighted by Crippen LogP contribution is -2.43. The molecule has 0 spiro atoms. The van der Waals surface area contributed by atoms with Gasteiger partial charge in [-0.15, -0.1) is 0 Å². The minimum absolute atomic E-state index is 0.0503. The fraction of sp³-hybridized carbons (Fsp3) is 0.412. The van der Waals surface area contributed by atoms with Crippen LogP contribution in [0.2, 0.25) is 0 Å². The highest BCUT2D eigenvalue weighted by molar-refractivity contribution is 7.89. The van der Waals surface area contributed by atoms with Crippen molar-refractivity contribution in [2.45, 2.75) is 17.9 Å². The standard InChI is InChI=1S/C17H21FN2O3S2/c1-13-10-15(18)2-3-17(13)25(21,22)19-11-16(14-4-9-24-12-14)20-5-7-23-8-6-20/h2-4,9-10,12,16,19H,5-8,11H2,1H3. The van der Waals surface area contributed by atoms with E-state index in [1.807, 2.05) is 16.8 Å². The van der Waals surface area contributed by atoms with Gasteiger partial charge in [-0.2, -0.15) is 11.3 Å². The van der Waals surface area contributed by atoms with E-state index in [2.05, 4.69) is 9.62 Å². The van der Waals surface area contributed by atoms with E-state index in [4.69, 9.17) is 4.74 Å². The van der Waals surface area contributed by atoms with Crippen LogP contribution in [-0.2, 0) is 14.8 Å². The summed E-state index contributed by atoms with van der Waals surface area (Å²) < 4.78 is 46.6. The van der Waals surface area contributed by atoms with Crippen LogP contribution in [0.1, 0.15) is 17.2 Å². The van der Waals surface area contributed by atoms with E-state index in [1.54, 1.807) is 18.3 Å². The number of benzene rings is 1. The first kappa shape index (κ1) is 18.5. The van der Waals surface area contributed by atoms with Crippen molar-refractivity contribution in [2.24, 2.45) is 0 Å². The van der Waals surface area contributed by atoms with Crippen LogP contribution in [0.25, 0.3) is 0 Å². The van der Waals surface area contributed by atoms with Crippen LogP contribution in [0.3, 0.4) is 0 Å². The lowest BCUT2D eigenvalue weighted by atomic mass is 10.1. The molecule has 1 aromatic carbocycles. The molecule has 1 atom stereocenters. The van der Waals surface area contributed by atoms with Gasteiger partial charge in [-0.25, -0.2) is 17.5 Å². The average molecular weight is 384 g/mol. The van der Waals surface area contributed by atoms with Crippen molar-refractivity contribution < 1.29 is 17.5 Å². The predicted molar refractivity (Wildman–Crippen MR) is 95.8 cm³/mol. The van der Waals surface area contributed by atoms with Crippen LogP contribution in [0.4, 0.5) is 4.39 Å². The minimum Gasteiger partial charge on any atom is -0.379 e. The summed E-state index contributed by atoms with van der Waals surface area (Å²) in [5, 5.41) is 4.03. The van der Waals surface area contributed by atoms with E-state index < -0.39 is 15.8 Å². The Morgan fingerprint density at radius 3 is 2.72 bits per heavy atom. The summed E-state index contributed by atoms with van der Waals surface area (Å²) in [7, 11) is -3.70. The largest absolute Gasteiger partial charge is 0.379 e. The number of nitrogens with zero attached hydrogens (tertiary/aromatic N) is 1.